The van der Waals surface area contributed by atoms with E-state index in [2.05, 4.69) is 5.32 Å². The van der Waals surface area contributed by atoms with Crippen LogP contribution in [-0.4, -0.2) is 43.9 Å². The van der Waals surface area contributed by atoms with Gasteiger partial charge in [0.15, 0.2) is 0 Å². The molecule has 0 unspecified atom stereocenters. The molecule has 2 aliphatic rings. The molecule has 0 radical (unpaired) electrons. The second-order valence-corrected chi connectivity index (χ2v) is 7.45. The minimum atomic E-state index is 0.0648. The highest BCUT2D eigenvalue weighted by molar-refractivity contribution is 6.02. The van der Waals surface area contributed by atoms with Crippen LogP contribution in [0.2, 0.25) is 0 Å². The van der Waals surface area contributed by atoms with E-state index in [0.717, 1.165) is 63.0 Å². The number of rotatable bonds is 4. The number of benzene rings is 1. The van der Waals surface area contributed by atoms with Crippen LogP contribution in [0, 0.1) is 5.92 Å². The lowest BCUT2D eigenvalue weighted by Crippen LogP contribution is -2.29. The lowest BCUT2D eigenvalue weighted by Gasteiger charge is -2.23. The number of nitrogens with zero attached hydrogens (tertiary/aromatic N) is 2. The fraction of sp³-hybridized carbons (Fsp3) is 0.600. The van der Waals surface area contributed by atoms with Crippen LogP contribution in [0.25, 0.3) is 0 Å². The lowest BCUT2D eigenvalue weighted by molar-refractivity contribution is -0.120. The maximum Gasteiger partial charge on any atom is 0.256 e. The highest BCUT2D eigenvalue weighted by Gasteiger charge is 2.24. The Bertz CT molecular complexity index is 630. The Labute approximate surface area is 150 Å². The highest BCUT2D eigenvalue weighted by Crippen LogP contribution is 2.28. The molecule has 2 fully saturated rings. The van der Waals surface area contributed by atoms with Crippen molar-refractivity contribution >= 4 is 23.2 Å². The maximum absolute atomic E-state index is 12.9. The molecule has 2 amide bonds. The van der Waals surface area contributed by atoms with Gasteiger partial charge >= 0.3 is 0 Å². The van der Waals surface area contributed by atoms with Gasteiger partial charge < -0.3 is 15.1 Å². The van der Waals surface area contributed by atoms with Crippen molar-refractivity contribution in [1.29, 1.82) is 0 Å². The van der Waals surface area contributed by atoms with E-state index in [9.17, 15) is 9.59 Å². The molecular formula is C20H29N3O2. The third-order valence-corrected chi connectivity index (χ3v) is 5.35. The normalized spacial score (nSPS) is 18.2. The van der Waals surface area contributed by atoms with Crippen molar-refractivity contribution in [3.63, 3.8) is 0 Å². The first-order valence-electron chi connectivity index (χ1n) is 9.48. The third kappa shape index (κ3) is 4.14. The zero-order valence-electron chi connectivity index (χ0n) is 15.4. The fourth-order valence-electron chi connectivity index (χ4n) is 3.87. The van der Waals surface area contributed by atoms with Gasteiger partial charge in [-0.15, -0.1) is 0 Å². The zero-order chi connectivity index (χ0) is 17.8. The summed E-state index contributed by atoms with van der Waals surface area (Å²) in [5, 5.41) is 3.04. The van der Waals surface area contributed by atoms with Crippen LogP contribution in [-0.2, 0) is 4.79 Å². The summed E-state index contributed by atoms with van der Waals surface area (Å²) in [5.74, 6) is 0.270. The summed E-state index contributed by atoms with van der Waals surface area (Å²) in [6, 6.07) is 5.67. The number of amides is 2. The van der Waals surface area contributed by atoms with Gasteiger partial charge in [0.1, 0.15) is 0 Å². The van der Waals surface area contributed by atoms with Gasteiger partial charge in [0.25, 0.3) is 5.91 Å². The number of carbonyl (C=O) groups is 2. The Morgan fingerprint density at radius 1 is 1.04 bits per heavy atom. The van der Waals surface area contributed by atoms with Crippen LogP contribution >= 0.6 is 0 Å². The summed E-state index contributed by atoms with van der Waals surface area (Å²) in [5.41, 5.74) is 2.30. The van der Waals surface area contributed by atoms with E-state index < -0.39 is 0 Å². The van der Waals surface area contributed by atoms with Crippen LogP contribution in [0.4, 0.5) is 11.4 Å². The van der Waals surface area contributed by atoms with Gasteiger partial charge in [0.2, 0.25) is 5.91 Å². The molecule has 25 heavy (non-hydrogen) atoms. The monoisotopic (exact) mass is 343 g/mol. The molecule has 1 aliphatic carbocycles. The zero-order valence-corrected chi connectivity index (χ0v) is 15.4. The van der Waals surface area contributed by atoms with E-state index in [-0.39, 0.29) is 17.7 Å². The van der Waals surface area contributed by atoms with Crippen LogP contribution in [0.15, 0.2) is 18.2 Å². The van der Waals surface area contributed by atoms with Crippen molar-refractivity contribution < 1.29 is 9.59 Å². The van der Waals surface area contributed by atoms with E-state index >= 15 is 0 Å². The fourth-order valence-corrected chi connectivity index (χ4v) is 3.87. The molecule has 5 nitrogen and oxygen atoms in total. The summed E-state index contributed by atoms with van der Waals surface area (Å²) in [6.07, 6.45) is 7.59. The first-order chi connectivity index (χ1) is 12.1. The Kier molecular flexibility index (Phi) is 5.61. The standard InChI is InChI=1S/C20H29N3O2/c1-22(2)18-11-10-16(21-19(24)15-8-4-3-5-9-15)14-17(18)20(25)23-12-6-7-13-23/h10-11,14-15H,3-9,12-13H2,1-2H3,(H,21,24). The highest BCUT2D eigenvalue weighted by atomic mass is 16.2. The third-order valence-electron chi connectivity index (χ3n) is 5.35. The average molecular weight is 343 g/mol. The van der Waals surface area contributed by atoms with Crippen molar-refractivity contribution in [2.75, 3.05) is 37.4 Å². The van der Waals surface area contributed by atoms with Gasteiger partial charge in [-0.3, -0.25) is 9.59 Å². The number of carbonyl (C=O) groups excluding carboxylic acids is 2. The summed E-state index contributed by atoms with van der Waals surface area (Å²) < 4.78 is 0. The molecule has 1 aliphatic heterocycles. The van der Waals surface area contributed by atoms with E-state index in [1.54, 1.807) is 0 Å². The number of hydrogen-bond acceptors (Lipinski definition) is 3. The van der Waals surface area contributed by atoms with Crippen molar-refractivity contribution in [2.24, 2.45) is 5.92 Å². The van der Waals surface area contributed by atoms with Gasteiger partial charge in [0.05, 0.1) is 5.56 Å². The quantitative estimate of drug-likeness (QED) is 0.910. The molecule has 1 saturated heterocycles. The van der Waals surface area contributed by atoms with E-state index in [1.165, 1.54) is 6.42 Å². The van der Waals surface area contributed by atoms with Gasteiger partial charge in [0, 0.05) is 44.5 Å². The predicted molar refractivity (Wildman–Crippen MR) is 101 cm³/mol. The predicted octanol–water partition coefficient (Wildman–Crippen LogP) is 3.51. The molecule has 0 aromatic heterocycles. The van der Waals surface area contributed by atoms with Gasteiger partial charge in [-0.2, -0.15) is 0 Å². The smallest absolute Gasteiger partial charge is 0.256 e. The first-order valence-corrected chi connectivity index (χ1v) is 9.48. The van der Waals surface area contributed by atoms with Gasteiger partial charge in [-0.25, -0.2) is 0 Å². The average Bonchev–Trinajstić information content (AvgIpc) is 3.16. The molecule has 1 saturated carbocycles. The molecule has 136 valence electrons. The first kappa shape index (κ1) is 17.8. The van der Waals surface area contributed by atoms with Gasteiger partial charge in [-0.05, 0) is 43.9 Å². The van der Waals surface area contributed by atoms with Crippen molar-refractivity contribution in [2.45, 2.75) is 44.9 Å². The Balaban J connectivity index is 1.79. The number of nitrogens with one attached hydrogen (secondary N) is 1. The summed E-state index contributed by atoms with van der Waals surface area (Å²) in [6.45, 7) is 1.65. The lowest BCUT2D eigenvalue weighted by atomic mass is 9.88. The molecule has 0 atom stereocenters. The van der Waals surface area contributed by atoms with Crippen molar-refractivity contribution in [3.05, 3.63) is 23.8 Å². The Morgan fingerprint density at radius 2 is 1.72 bits per heavy atom. The molecule has 1 heterocycles. The molecule has 1 aromatic rings. The van der Waals surface area contributed by atoms with Crippen LogP contribution in [0.5, 0.6) is 0 Å². The Hall–Kier alpha value is -2.04. The summed E-state index contributed by atoms with van der Waals surface area (Å²) in [7, 11) is 3.88. The van der Waals surface area contributed by atoms with E-state index in [4.69, 9.17) is 0 Å². The summed E-state index contributed by atoms with van der Waals surface area (Å²) >= 11 is 0. The number of likely N-dealkylation sites (tertiary alicyclic amines) is 1. The van der Waals surface area contributed by atoms with Crippen LogP contribution in [0.3, 0.4) is 0 Å². The molecule has 1 aromatic carbocycles. The maximum atomic E-state index is 12.9. The molecule has 5 heteroatoms. The minimum Gasteiger partial charge on any atom is -0.377 e. The topological polar surface area (TPSA) is 52.7 Å². The molecule has 1 N–H and O–H groups in total. The second-order valence-electron chi connectivity index (χ2n) is 7.45. The van der Waals surface area contributed by atoms with E-state index in [1.807, 2.05) is 42.1 Å². The van der Waals surface area contributed by atoms with Crippen molar-refractivity contribution in [1.82, 2.24) is 4.90 Å². The number of anilines is 2. The van der Waals surface area contributed by atoms with Crippen LogP contribution in [0.1, 0.15) is 55.3 Å². The Morgan fingerprint density at radius 3 is 2.36 bits per heavy atom. The van der Waals surface area contributed by atoms with Crippen molar-refractivity contribution in [3.8, 4) is 0 Å². The number of hydrogen-bond donors (Lipinski definition) is 1. The molecule has 0 spiro atoms. The minimum absolute atomic E-state index is 0.0648. The molecule has 0 bridgehead atoms. The van der Waals surface area contributed by atoms with Crippen LogP contribution < -0.4 is 10.2 Å². The SMILES string of the molecule is CN(C)c1ccc(NC(=O)C2CCCCC2)cc1C(=O)N1CCCC1. The molecule has 3 rings (SSSR count). The van der Waals surface area contributed by atoms with E-state index in [0.29, 0.717) is 5.56 Å². The van der Waals surface area contributed by atoms with Gasteiger partial charge in [-0.1, -0.05) is 19.3 Å². The summed E-state index contributed by atoms with van der Waals surface area (Å²) in [4.78, 5) is 29.3. The largest absolute Gasteiger partial charge is 0.377 e. The second kappa shape index (κ2) is 7.89. The molecular weight excluding hydrogens is 314 g/mol.